The molecule has 0 radical (unpaired) electrons. The van der Waals surface area contributed by atoms with Gasteiger partial charge in [-0.3, -0.25) is 9.52 Å². The van der Waals surface area contributed by atoms with Crippen LogP contribution >= 0.6 is 0 Å². The van der Waals surface area contributed by atoms with Crippen molar-refractivity contribution in [3.63, 3.8) is 0 Å². The minimum Gasteiger partial charge on any atom is -0.497 e. The quantitative estimate of drug-likeness (QED) is 0.461. The lowest BCUT2D eigenvalue weighted by molar-refractivity contribution is 0.392. The van der Waals surface area contributed by atoms with E-state index < -0.39 is 10.0 Å². The van der Waals surface area contributed by atoms with Crippen molar-refractivity contribution in [2.24, 2.45) is 0 Å². The Morgan fingerprint density at radius 1 is 1.03 bits per heavy atom. The van der Waals surface area contributed by atoms with E-state index in [1.54, 1.807) is 63.2 Å². The van der Waals surface area contributed by atoms with Gasteiger partial charge in [-0.2, -0.15) is 9.78 Å². The standard InChI is InChI=1S/C23H22N4O5S/c1-14-8-9-17(12-21(14)33(29,30)26-18-6-5-7-19(13-18)31-4)20-10-11-22(28)27(24-20)23-15(2)25-32-16(23)3/h5-13,26H,1-4H3. The van der Waals surface area contributed by atoms with Crippen LogP contribution in [-0.2, 0) is 10.0 Å². The number of rotatable bonds is 6. The minimum atomic E-state index is -3.90. The third kappa shape index (κ3) is 4.37. The van der Waals surface area contributed by atoms with Crippen LogP contribution in [0.5, 0.6) is 5.75 Å². The molecule has 0 fully saturated rings. The maximum atomic E-state index is 13.2. The number of nitrogens with zero attached hydrogens (tertiary/aromatic N) is 3. The van der Waals surface area contributed by atoms with Crippen LogP contribution in [0.15, 0.2) is 68.8 Å². The van der Waals surface area contributed by atoms with Crippen LogP contribution in [0.4, 0.5) is 5.69 Å². The van der Waals surface area contributed by atoms with Crippen molar-refractivity contribution in [2.45, 2.75) is 25.7 Å². The molecule has 4 aromatic rings. The van der Waals surface area contributed by atoms with Gasteiger partial charge in [0.05, 0.1) is 23.4 Å². The molecule has 0 aliphatic carbocycles. The first kappa shape index (κ1) is 22.3. The fourth-order valence-electron chi connectivity index (χ4n) is 3.45. The highest BCUT2D eigenvalue weighted by Gasteiger charge is 2.20. The van der Waals surface area contributed by atoms with Crippen LogP contribution in [0.3, 0.4) is 0 Å². The lowest BCUT2D eigenvalue weighted by atomic mass is 10.1. The van der Waals surface area contributed by atoms with E-state index in [1.165, 1.54) is 23.9 Å². The van der Waals surface area contributed by atoms with Crippen molar-refractivity contribution in [3.05, 3.63) is 82.0 Å². The van der Waals surface area contributed by atoms with Gasteiger partial charge < -0.3 is 9.26 Å². The van der Waals surface area contributed by atoms with Gasteiger partial charge in [0.1, 0.15) is 17.1 Å². The van der Waals surface area contributed by atoms with Gasteiger partial charge in [0, 0.05) is 17.7 Å². The molecule has 2 aromatic carbocycles. The lowest BCUT2D eigenvalue weighted by Crippen LogP contribution is -2.21. The SMILES string of the molecule is COc1cccc(NS(=O)(=O)c2cc(-c3ccc(=O)n(-c4c(C)noc4C)n3)ccc2C)c1. The molecular weight excluding hydrogens is 444 g/mol. The van der Waals surface area contributed by atoms with Gasteiger partial charge in [-0.15, -0.1) is 0 Å². The Labute approximate surface area is 190 Å². The Morgan fingerprint density at radius 2 is 1.82 bits per heavy atom. The van der Waals surface area contributed by atoms with Crippen LogP contribution in [0, 0.1) is 20.8 Å². The predicted molar refractivity (Wildman–Crippen MR) is 123 cm³/mol. The van der Waals surface area contributed by atoms with Crippen molar-refractivity contribution in [3.8, 4) is 22.7 Å². The molecule has 170 valence electrons. The summed E-state index contributed by atoms with van der Waals surface area (Å²) in [6.07, 6.45) is 0. The van der Waals surface area contributed by atoms with Gasteiger partial charge >= 0.3 is 0 Å². The van der Waals surface area contributed by atoms with Gasteiger partial charge in [-0.05, 0) is 50.6 Å². The lowest BCUT2D eigenvalue weighted by Gasteiger charge is -2.13. The Hall–Kier alpha value is -3.92. The number of sulfonamides is 1. The molecular formula is C23H22N4O5S. The number of ether oxygens (including phenoxy) is 1. The van der Waals surface area contributed by atoms with E-state index in [0.717, 1.165) is 0 Å². The highest BCUT2D eigenvalue weighted by Crippen LogP contribution is 2.27. The molecule has 2 aromatic heterocycles. The minimum absolute atomic E-state index is 0.0970. The normalized spacial score (nSPS) is 11.4. The molecule has 0 aliphatic heterocycles. The summed E-state index contributed by atoms with van der Waals surface area (Å²) in [4.78, 5) is 12.6. The van der Waals surface area contributed by atoms with Crippen molar-refractivity contribution in [1.82, 2.24) is 14.9 Å². The van der Waals surface area contributed by atoms with Gasteiger partial charge in [0.15, 0.2) is 5.76 Å². The van der Waals surface area contributed by atoms with E-state index in [2.05, 4.69) is 15.0 Å². The van der Waals surface area contributed by atoms with E-state index in [-0.39, 0.29) is 10.5 Å². The van der Waals surface area contributed by atoms with Crippen LogP contribution in [0.2, 0.25) is 0 Å². The van der Waals surface area contributed by atoms with Crippen molar-refractivity contribution >= 4 is 15.7 Å². The van der Waals surface area contributed by atoms with E-state index in [1.807, 2.05) is 0 Å². The number of hydrogen-bond acceptors (Lipinski definition) is 7. The first-order valence-corrected chi connectivity index (χ1v) is 11.5. The predicted octanol–water partition coefficient (Wildman–Crippen LogP) is 3.62. The molecule has 2 heterocycles. The summed E-state index contributed by atoms with van der Waals surface area (Å²) in [5.74, 6) is 0.986. The first-order valence-electron chi connectivity index (χ1n) is 10.0. The zero-order valence-electron chi connectivity index (χ0n) is 18.5. The van der Waals surface area contributed by atoms with Gasteiger partial charge in [0.25, 0.3) is 15.6 Å². The van der Waals surface area contributed by atoms with E-state index in [4.69, 9.17) is 9.26 Å². The Morgan fingerprint density at radius 3 is 2.52 bits per heavy atom. The number of aromatic nitrogens is 3. The topological polar surface area (TPSA) is 116 Å². The third-order valence-electron chi connectivity index (χ3n) is 5.10. The maximum Gasteiger partial charge on any atom is 0.271 e. The number of benzene rings is 2. The summed E-state index contributed by atoms with van der Waals surface area (Å²) in [6.45, 7) is 5.12. The highest BCUT2D eigenvalue weighted by atomic mass is 32.2. The second-order valence-corrected chi connectivity index (χ2v) is 9.11. The van der Waals surface area contributed by atoms with Crippen LogP contribution in [0.25, 0.3) is 16.9 Å². The number of anilines is 1. The average Bonchev–Trinajstić information content (AvgIpc) is 3.12. The molecule has 0 atom stereocenters. The van der Waals surface area contributed by atoms with Crippen molar-refractivity contribution in [2.75, 3.05) is 11.8 Å². The van der Waals surface area contributed by atoms with Crippen LogP contribution in [-0.4, -0.2) is 30.5 Å². The summed E-state index contributed by atoms with van der Waals surface area (Å²) >= 11 is 0. The molecule has 0 amide bonds. The average molecular weight is 467 g/mol. The molecule has 1 N–H and O–H groups in total. The first-order chi connectivity index (χ1) is 15.7. The van der Waals surface area contributed by atoms with Gasteiger partial charge in [-0.1, -0.05) is 23.4 Å². The summed E-state index contributed by atoms with van der Waals surface area (Å²) in [5.41, 5.74) is 2.53. The molecule has 0 saturated carbocycles. The second-order valence-electron chi connectivity index (χ2n) is 7.46. The zero-order chi connectivity index (χ0) is 23.8. The van der Waals surface area contributed by atoms with Crippen LogP contribution in [0.1, 0.15) is 17.0 Å². The molecule has 0 aliphatic rings. The Bertz CT molecular complexity index is 1490. The van der Waals surface area contributed by atoms with Crippen molar-refractivity contribution < 1.29 is 17.7 Å². The number of hydrogen-bond donors (Lipinski definition) is 1. The van der Waals surface area contributed by atoms with E-state index >= 15 is 0 Å². The number of aryl methyl sites for hydroxylation is 3. The maximum absolute atomic E-state index is 13.2. The van der Waals surface area contributed by atoms with Gasteiger partial charge in [0.2, 0.25) is 0 Å². The van der Waals surface area contributed by atoms with E-state index in [9.17, 15) is 13.2 Å². The summed E-state index contributed by atoms with van der Waals surface area (Å²) in [5, 5.41) is 8.31. The second kappa shape index (κ2) is 8.55. The van der Waals surface area contributed by atoms with Crippen molar-refractivity contribution in [1.29, 1.82) is 0 Å². The summed E-state index contributed by atoms with van der Waals surface area (Å²) < 4.78 is 40.4. The van der Waals surface area contributed by atoms with Crippen LogP contribution < -0.4 is 15.0 Å². The largest absolute Gasteiger partial charge is 0.497 e. The van der Waals surface area contributed by atoms with Gasteiger partial charge in [-0.25, -0.2) is 8.42 Å². The van der Waals surface area contributed by atoms with E-state index in [0.29, 0.717) is 45.4 Å². The molecule has 0 spiro atoms. The molecule has 9 nitrogen and oxygen atoms in total. The molecule has 0 saturated heterocycles. The molecule has 0 unspecified atom stereocenters. The smallest absolute Gasteiger partial charge is 0.271 e. The summed E-state index contributed by atoms with van der Waals surface area (Å²) in [6, 6.07) is 14.6. The monoisotopic (exact) mass is 466 g/mol. The fourth-order valence-corrected chi connectivity index (χ4v) is 4.77. The fraction of sp³-hybridized carbons (Fsp3) is 0.174. The third-order valence-corrected chi connectivity index (χ3v) is 6.63. The number of methoxy groups -OCH3 is 1. The summed E-state index contributed by atoms with van der Waals surface area (Å²) in [7, 11) is -2.39. The number of nitrogens with one attached hydrogen (secondary N) is 1. The highest BCUT2D eigenvalue weighted by molar-refractivity contribution is 7.92. The molecule has 10 heteroatoms. The zero-order valence-corrected chi connectivity index (χ0v) is 19.3. The Balaban J connectivity index is 1.76. The molecule has 4 rings (SSSR count). The Kier molecular flexibility index (Phi) is 5.77. The molecule has 33 heavy (non-hydrogen) atoms. The molecule has 0 bridgehead atoms.